The Morgan fingerprint density at radius 1 is 1.31 bits per heavy atom. The Morgan fingerprint density at radius 3 is 2.38 bits per heavy atom. The first-order chi connectivity index (χ1) is 6.07. The van der Waals surface area contributed by atoms with Crippen LogP contribution in [0.1, 0.15) is 29.5 Å². The molecule has 0 aliphatic rings. The first-order valence-corrected chi connectivity index (χ1v) is 5.33. The molecule has 0 bridgehead atoms. The molecule has 0 radical (unpaired) electrons. The van der Waals surface area contributed by atoms with Crippen LogP contribution in [-0.4, -0.2) is 6.54 Å². The van der Waals surface area contributed by atoms with Gasteiger partial charge in [-0.3, -0.25) is 0 Å². The second-order valence-corrected chi connectivity index (χ2v) is 4.36. The Bertz CT molecular complexity index is 307. The minimum absolute atomic E-state index is 0.425. The van der Waals surface area contributed by atoms with Crippen molar-refractivity contribution < 1.29 is 0 Å². The van der Waals surface area contributed by atoms with E-state index in [1.54, 1.807) is 0 Å². The molecule has 1 nitrogen and oxygen atoms in total. The van der Waals surface area contributed by atoms with E-state index in [0.717, 1.165) is 0 Å². The highest BCUT2D eigenvalue weighted by Gasteiger charge is 2.11. The second kappa shape index (κ2) is 4.25. The molecule has 13 heavy (non-hydrogen) atoms. The van der Waals surface area contributed by atoms with E-state index in [1.165, 1.54) is 21.2 Å². The van der Waals surface area contributed by atoms with Gasteiger partial charge in [-0.15, -0.1) is 0 Å². The zero-order chi connectivity index (χ0) is 10.0. The minimum atomic E-state index is 0.425. The van der Waals surface area contributed by atoms with E-state index >= 15 is 0 Å². The van der Waals surface area contributed by atoms with Gasteiger partial charge >= 0.3 is 0 Å². The summed E-state index contributed by atoms with van der Waals surface area (Å²) in [6.07, 6.45) is 0. The number of hydrogen-bond acceptors (Lipinski definition) is 1. The van der Waals surface area contributed by atoms with Crippen LogP contribution in [0, 0.1) is 13.8 Å². The molecule has 1 rings (SSSR count). The Hall–Kier alpha value is -0.340. The zero-order valence-electron chi connectivity index (χ0n) is 8.39. The Balaban J connectivity index is 3.25. The van der Waals surface area contributed by atoms with Crippen LogP contribution in [0.5, 0.6) is 0 Å². The van der Waals surface area contributed by atoms with Crippen LogP contribution in [0.15, 0.2) is 16.6 Å². The van der Waals surface area contributed by atoms with Crippen molar-refractivity contribution in [1.82, 2.24) is 0 Å². The van der Waals surface area contributed by atoms with Crippen molar-refractivity contribution in [2.24, 2.45) is 5.73 Å². The lowest BCUT2D eigenvalue weighted by Gasteiger charge is -2.16. The maximum atomic E-state index is 5.67. The molecular formula is C11H16BrN. The molecule has 0 aliphatic heterocycles. The number of rotatable bonds is 2. The molecule has 1 aromatic rings. The van der Waals surface area contributed by atoms with Crippen molar-refractivity contribution in [1.29, 1.82) is 0 Å². The van der Waals surface area contributed by atoms with Gasteiger partial charge in [-0.1, -0.05) is 35.0 Å². The molecule has 2 heteroatoms. The van der Waals surface area contributed by atoms with Crippen LogP contribution in [0.2, 0.25) is 0 Å². The van der Waals surface area contributed by atoms with Gasteiger partial charge in [0, 0.05) is 4.47 Å². The molecule has 0 heterocycles. The SMILES string of the molecule is Cc1ccc(C)c(C(C)CN)c1Br. The van der Waals surface area contributed by atoms with E-state index in [2.05, 4.69) is 48.8 Å². The van der Waals surface area contributed by atoms with E-state index in [-0.39, 0.29) is 0 Å². The molecule has 1 aromatic carbocycles. The van der Waals surface area contributed by atoms with Gasteiger partial charge in [0.05, 0.1) is 0 Å². The molecule has 1 atom stereocenters. The van der Waals surface area contributed by atoms with Gasteiger partial charge in [-0.2, -0.15) is 0 Å². The van der Waals surface area contributed by atoms with Gasteiger partial charge in [0.25, 0.3) is 0 Å². The summed E-state index contributed by atoms with van der Waals surface area (Å²) in [5.41, 5.74) is 9.61. The first kappa shape index (κ1) is 10.7. The summed E-state index contributed by atoms with van der Waals surface area (Å²) in [7, 11) is 0. The fraction of sp³-hybridized carbons (Fsp3) is 0.455. The summed E-state index contributed by atoms with van der Waals surface area (Å²) < 4.78 is 1.21. The average molecular weight is 242 g/mol. The van der Waals surface area contributed by atoms with Gasteiger partial charge in [0.1, 0.15) is 0 Å². The smallest absolute Gasteiger partial charge is 0.0242 e. The summed E-state index contributed by atoms with van der Waals surface area (Å²) >= 11 is 3.62. The zero-order valence-corrected chi connectivity index (χ0v) is 9.98. The number of halogens is 1. The first-order valence-electron chi connectivity index (χ1n) is 4.53. The van der Waals surface area contributed by atoms with E-state index in [9.17, 15) is 0 Å². The lowest BCUT2D eigenvalue weighted by molar-refractivity contribution is 0.762. The fourth-order valence-corrected chi connectivity index (χ4v) is 2.36. The van der Waals surface area contributed by atoms with Crippen molar-refractivity contribution in [2.45, 2.75) is 26.7 Å². The third kappa shape index (κ3) is 2.12. The normalized spacial score (nSPS) is 13.0. The van der Waals surface area contributed by atoms with Crippen LogP contribution in [0.25, 0.3) is 0 Å². The highest BCUT2D eigenvalue weighted by molar-refractivity contribution is 9.10. The molecule has 0 amide bonds. The van der Waals surface area contributed by atoms with E-state index < -0.39 is 0 Å². The van der Waals surface area contributed by atoms with Crippen molar-refractivity contribution >= 4 is 15.9 Å². The summed E-state index contributed by atoms with van der Waals surface area (Å²) in [4.78, 5) is 0. The Labute approximate surface area is 88.5 Å². The highest BCUT2D eigenvalue weighted by atomic mass is 79.9. The predicted octanol–water partition coefficient (Wildman–Crippen LogP) is 3.13. The number of hydrogen-bond donors (Lipinski definition) is 1. The monoisotopic (exact) mass is 241 g/mol. The molecule has 0 saturated heterocycles. The van der Waals surface area contributed by atoms with E-state index in [0.29, 0.717) is 12.5 Å². The molecule has 72 valence electrons. The van der Waals surface area contributed by atoms with E-state index in [1.807, 2.05) is 0 Å². The summed E-state index contributed by atoms with van der Waals surface area (Å²) in [6, 6.07) is 4.29. The summed E-state index contributed by atoms with van der Waals surface area (Å²) in [5, 5.41) is 0. The Kier molecular flexibility index (Phi) is 3.51. The van der Waals surface area contributed by atoms with Crippen LogP contribution < -0.4 is 5.73 Å². The standard InChI is InChI=1S/C11H16BrN/c1-7-4-5-8(2)11(12)10(7)9(3)6-13/h4-5,9H,6,13H2,1-3H3. The van der Waals surface area contributed by atoms with Crippen molar-refractivity contribution in [2.75, 3.05) is 6.54 Å². The molecule has 0 fully saturated rings. The predicted molar refractivity (Wildman–Crippen MR) is 61.1 cm³/mol. The molecule has 2 N–H and O–H groups in total. The van der Waals surface area contributed by atoms with Crippen LogP contribution in [0.3, 0.4) is 0 Å². The van der Waals surface area contributed by atoms with Gasteiger partial charge in [0.15, 0.2) is 0 Å². The molecular weight excluding hydrogens is 226 g/mol. The minimum Gasteiger partial charge on any atom is -0.330 e. The molecule has 0 spiro atoms. The van der Waals surface area contributed by atoms with E-state index in [4.69, 9.17) is 5.73 Å². The van der Waals surface area contributed by atoms with Crippen molar-refractivity contribution in [3.05, 3.63) is 33.3 Å². The topological polar surface area (TPSA) is 26.0 Å². The third-order valence-electron chi connectivity index (χ3n) is 2.44. The summed E-state index contributed by atoms with van der Waals surface area (Å²) in [6.45, 7) is 7.09. The van der Waals surface area contributed by atoms with Gasteiger partial charge in [-0.05, 0) is 43.0 Å². The average Bonchev–Trinajstić information content (AvgIpc) is 2.12. The quantitative estimate of drug-likeness (QED) is 0.847. The lowest BCUT2D eigenvalue weighted by atomic mass is 9.95. The van der Waals surface area contributed by atoms with Crippen LogP contribution in [0.4, 0.5) is 0 Å². The van der Waals surface area contributed by atoms with Crippen molar-refractivity contribution in [3.8, 4) is 0 Å². The van der Waals surface area contributed by atoms with Crippen LogP contribution in [-0.2, 0) is 0 Å². The maximum Gasteiger partial charge on any atom is 0.0242 e. The fourth-order valence-electron chi connectivity index (χ4n) is 1.52. The third-order valence-corrected chi connectivity index (χ3v) is 3.49. The van der Waals surface area contributed by atoms with Crippen LogP contribution >= 0.6 is 15.9 Å². The molecule has 1 unspecified atom stereocenters. The number of aryl methyl sites for hydroxylation is 2. The van der Waals surface area contributed by atoms with Gasteiger partial charge in [-0.25, -0.2) is 0 Å². The number of benzene rings is 1. The summed E-state index contributed by atoms with van der Waals surface area (Å²) in [5.74, 6) is 0.425. The van der Waals surface area contributed by atoms with Gasteiger partial charge < -0.3 is 5.73 Å². The maximum absolute atomic E-state index is 5.67. The Morgan fingerprint density at radius 2 is 1.85 bits per heavy atom. The molecule has 0 saturated carbocycles. The molecule has 0 aliphatic carbocycles. The highest BCUT2D eigenvalue weighted by Crippen LogP contribution is 2.30. The second-order valence-electron chi connectivity index (χ2n) is 3.56. The van der Waals surface area contributed by atoms with Gasteiger partial charge in [0.2, 0.25) is 0 Å². The molecule has 0 aromatic heterocycles. The lowest BCUT2D eigenvalue weighted by Crippen LogP contribution is -2.11. The van der Waals surface area contributed by atoms with Crippen molar-refractivity contribution in [3.63, 3.8) is 0 Å². The largest absolute Gasteiger partial charge is 0.330 e. The number of nitrogens with two attached hydrogens (primary N) is 1.